The minimum atomic E-state index is -0.640. The van der Waals surface area contributed by atoms with Crippen molar-refractivity contribution in [1.82, 2.24) is 10.2 Å². The first kappa shape index (κ1) is 22.5. The Hall–Kier alpha value is -2.83. The number of allylic oxidation sites excluding steroid dienone is 1. The highest BCUT2D eigenvalue weighted by Crippen LogP contribution is 2.31. The summed E-state index contributed by atoms with van der Waals surface area (Å²) < 4.78 is 5.20. The van der Waals surface area contributed by atoms with Crippen LogP contribution in [0.3, 0.4) is 0 Å². The van der Waals surface area contributed by atoms with Gasteiger partial charge in [0.1, 0.15) is 0 Å². The van der Waals surface area contributed by atoms with E-state index in [2.05, 4.69) is 17.6 Å². The first-order valence-corrected chi connectivity index (χ1v) is 10.2. The van der Waals surface area contributed by atoms with Gasteiger partial charge in [-0.2, -0.15) is 0 Å². The number of amides is 3. The van der Waals surface area contributed by atoms with Crippen LogP contribution in [-0.4, -0.2) is 36.5 Å². The average molecular weight is 402 g/mol. The Morgan fingerprint density at radius 2 is 1.97 bits per heavy atom. The average Bonchev–Trinajstić information content (AvgIpc) is 2.69. The van der Waals surface area contributed by atoms with Gasteiger partial charge in [-0.25, -0.2) is 9.59 Å². The fourth-order valence-electron chi connectivity index (χ4n) is 3.29. The zero-order chi connectivity index (χ0) is 21.4. The van der Waals surface area contributed by atoms with Crippen molar-refractivity contribution in [3.8, 4) is 0 Å². The number of ether oxygens (including phenoxy) is 1. The van der Waals surface area contributed by atoms with Crippen LogP contribution in [-0.2, 0) is 14.3 Å². The number of esters is 1. The fourth-order valence-corrected chi connectivity index (χ4v) is 3.29. The zero-order valence-electron chi connectivity index (χ0n) is 17.7. The van der Waals surface area contributed by atoms with Crippen LogP contribution in [0.1, 0.15) is 64.5 Å². The second kappa shape index (κ2) is 10.6. The lowest BCUT2D eigenvalue weighted by molar-refractivity contribution is -0.139. The van der Waals surface area contributed by atoms with Gasteiger partial charge in [0.05, 0.1) is 18.2 Å². The van der Waals surface area contributed by atoms with Gasteiger partial charge in [-0.1, -0.05) is 38.3 Å². The number of benzene rings is 1. The number of unbranched alkanes of at least 4 members (excludes halogenated alkanes) is 3. The van der Waals surface area contributed by atoms with Crippen LogP contribution < -0.4 is 10.6 Å². The van der Waals surface area contributed by atoms with Gasteiger partial charge >= 0.3 is 12.0 Å². The number of hydrogen-bond donors (Lipinski definition) is 2. The summed E-state index contributed by atoms with van der Waals surface area (Å²) in [5.74, 6) is -0.504. The maximum Gasteiger partial charge on any atom is 0.338 e. The maximum absolute atomic E-state index is 12.6. The second-order valence-corrected chi connectivity index (χ2v) is 7.15. The van der Waals surface area contributed by atoms with Gasteiger partial charge in [0.25, 0.3) is 0 Å². The molecule has 0 saturated heterocycles. The van der Waals surface area contributed by atoms with E-state index in [-0.39, 0.29) is 18.5 Å². The molecule has 2 rings (SSSR count). The molecule has 0 spiro atoms. The molecule has 1 aliphatic heterocycles. The number of rotatable bonds is 9. The van der Waals surface area contributed by atoms with Crippen LogP contribution in [0.2, 0.25) is 0 Å². The standard InChI is InChI=1S/C22H31N3O4/c1-5-7-8-9-13-18(26)23-17-12-10-11-16(14-17)20-19(21(27)29-6-2)15(3)25(4)22(28)24-20/h10-12,14,20H,5-9,13H2,1-4H3,(H,23,26)(H,24,28)/t20-/m0/s1. The SMILES string of the molecule is CCCCCCC(=O)Nc1cccc([C@@H]2NC(=O)N(C)C(C)=C2C(=O)OCC)c1. The molecule has 1 heterocycles. The van der Waals surface area contributed by atoms with Crippen molar-refractivity contribution in [2.24, 2.45) is 0 Å². The molecule has 1 aromatic rings. The van der Waals surface area contributed by atoms with E-state index in [0.717, 1.165) is 25.7 Å². The van der Waals surface area contributed by atoms with Gasteiger partial charge in [0, 0.05) is 24.9 Å². The van der Waals surface area contributed by atoms with Crippen molar-refractivity contribution in [3.05, 3.63) is 41.1 Å². The Kier molecular flexibility index (Phi) is 8.24. The lowest BCUT2D eigenvalue weighted by Gasteiger charge is -2.33. The number of hydrogen-bond acceptors (Lipinski definition) is 4. The van der Waals surface area contributed by atoms with Crippen LogP contribution in [0.4, 0.5) is 10.5 Å². The summed E-state index contributed by atoms with van der Waals surface area (Å²) in [7, 11) is 1.61. The van der Waals surface area contributed by atoms with Gasteiger partial charge < -0.3 is 20.3 Å². The molecule has 1 aliphatic rings. The minimum Gasteiger partial charge on any atom is -0.463 e. The molecule has 2 N–H and O–H groups in total. The smallest absolute Gasteiger partial charge is 0.338 e. The molecule has 0 aliphatic carbocycles. The van der Waals surface area contributed by atoms with Crippen molar-refractivity contribution < 1.29 is 19.1 Å². The van der Waals surface area contributed by atoms with E-state index in [4.69, 9.17) is 4.74 Å². The van der Waals surface area contributed by atoms with Crippen molar-refractivity contribution >= 4 is 23.6 Å². The van der Waals surface area contributed by atoms with Crippen molar-refractivity contribution in [2.45, 2.75) is 58.9 Å². The van der Waals surface area contributed by atoms with E-state index in [1.54, 1.807) is 39.1 Å². The van der Waals surface area contributed by atoms with Gasteiger partial charge in [0.15, 0.2) is 0 Å². The highest BCUT2D eigenvalue weighted by Gasteiger charge is 2.35. The molecule has 1 atom stereocenters. The van der Waals surface area contributed by atoms with Crippen LogP contribution in [0.5, 0.6) is 0 Å². The molecule has 0 fully saturated rings. The number of nitrogens with one attached hydrogen (secondary N) is 2. The minimum absolute atomic E-state index is 0.0389. The van der Waals surface area contributed by atoms with E-state index in [0.29, 0.717) is 28.9 Å². The first-order valence-electron chi connectivity index (χ1n) is 10.2. The molecule has 7 nitrogen and oxygen atoms in total. The van der Waals surface area contributed by atoms with Gasteiger partial charge in [-0.05, 0) is 38.0 Å². The number of nitrogens with zero attached hydrogens (tertiary/aromatic N) is 1. The van der Waals surface area contributed by atoms with Gasteiger partial charge in [-0.15, -0.1) is 0 Å². The maximum atomic E-state index is 12.6. The quantitative estimate of drug-likeness (QED) is 0.481. The molecule has 0 radical (unpaired) electrons. The number of anilines is 1. The third-order valence-corrected chi connectivity index (χ3v) is 5.01. The molecular formula is C22H31N3O4. The van der Waals surface area contributed by atoms with Crippen molar-refractivity contribution in [2.75, 3.05) is 19.0 Å². The Balaban J connectivity index is 2.21. The topological polar surface area (TPSA) is 87.7 Å². The molecule has 29 heavy (non-hydrogen) atoms. The largest absolute Gasteiger partial charge is 0.463 e. The summed E-state index contributed by atoms with van der Waals surface area (Å²) in [5.41, 5.74) is 2.27. The highest BCUT2D eigenvalue weighted by atomic mass is 16.5. The molecule has 0 aromatic heterocycles. The number of urea groups is 1. The third kappa shape index (κ3) is 5.82. The molecule has 1 aromatic carbocycles. The lowest BCUT2D eigenvalue weighted by atomic mass is 9.94. The van der Waals surface area contributed by atoms with Crippen LogP contribution >= 0.6 is 0 Å². The Labute approximate surface area is 172 Å². The van der Waals surface area contributed by atoms with Crippen LogP contribution in [0.15, 0.2) is 35.5 Å². The summed E-state index contributed by atoms with van der Waals surface area (Å²) in [4.78, 5) is 38.4. The van der Waals surface area contributed by atoms with Gasteiger partial charge in [0.2, 0.25) is 5.91 Å². The predicted octanol–water partition coefficient (Wildman–Crippen LogP) is 4.13. The molecule has 0 saturated carbocycles. The van der Waals surface area contributed by atoms with Gasteiger partial charge in [-0.3, -0.25) is 4.79 Å². The van der Waals surface area contributed by atoms with Crippen LogP contribution in [0, 0.1) is 0 Å². The van der Waals surface area contributed by atoms with E-state index in [1.807, 2.05) is 6.07 Å². The van der Waals surface area contributed by atoms with Crippen molar-refractivity contribution in [3.63, 3.8) is 0 Å². The summed E-state index contributed by atoms with van der Waals surface area (Å²) in [6.07, 6.45) is 4.63. The first-order chi connectivity index (χ1) is 13.9. The summed E-state index contributed by atoms with van der Waals surface area (Å²) in [5, 5.41) is 5.75. The predicted molar refractivity (Wildman–Crippen MR) is 112 cm³/mol. The Morgan fingerprint density at radius 3 is 2.66 bits per heavy atom. The Morgan fingerprint density at radius 1 is 1.21 bits per heavy atom. The monoisotopic (exact) mass is 401 g/mol. The molecule has 3 amide bonds. The third-order valence-electron chi connectivity index (χ3n) is 5.01. The van der Waals surface area contributed by atoms with E-state index in [9.17, 15) is 14.4 Å². The number of carbonyl (C=O) groups excluding carboxylic acids is 3. The molecule has 7 heteroatoms. The lowest BCUT2D eigenvalue weighted by Crippen LogP contribution is -2.46. The zero-order valence-corrected chi connectivity index (χ0v) is 17.7. The normalized spacial score (nSPS) is 16.5. The molecule has 158 valence electrons. The van der Waals surface area contributed by atoms with E-state index >= 15 is 0 Å². The van der Waals surface area contributed by atoms with E-state index in [1.165, 1.54) is 4.90 Å². The summed E-state index contributed by atoms with van der Waals surface area (Å²) in [6, 6.07) is 6.26. The molecule has 0 unspecified atom stereocenters. The Bertz CT molecular complexity index is 788. The second-order valence-electron chi connectivity index (χ2n) is 7.15. The molecule has 0 bridgehead atoms. The highest BCUT2D eigenvalue weighted by molar-refractivity contribution is 5.95. The van der Waals surface area contributed by atoms with E-state index < -0.39 is 12.0 Å². The summed E-state index contributed by atoms with van der Waals surface area (Å²) in [6.45, 7) is 5.84. The summed E-state index contributed by atoms with van der Waals surface area (Å²) >= 11 is 0. The van der Waals surface area contributed by atoms with Crippen LogP contribution in [0.25, 0.3) is 0 Å². The molecular weight excluding hydrogens is 370 g/mol. The number of carbonyl (C=O) groups is 3. The fraction of sp³-hybridized carbons (Fsp3) is 0.500. The van der Waals surface area contributed by atoms with Crippen molar-refractivity contribution in [1.29, 1.82) is 0 Å².